The van der Waals surface area contributed by atoms with Gasteiger partial charge in [-0.15, -0.1) is 0 Å². The first kappa shape index (κ1) is 16.8. The Hall–Kier alpha value is -1.30. The summed E-state index contributed by atoms with van der Waals surface area (Å²) in [7, 11) is 0. The molecule has 1 aliphatic heterocycles. The molecular weight excluding hydrogens is 260 g/mol. The summed E-state index contributed by atoms with van der Waals surface area (Å²) < 4.78 is 5.27. The van der Waals surface area contributed by atoms with E-state index in [0.29, 0.717) is 6.42 Å². The molecule has 0 unspecified atom stereocenters. The Morgan fingerprint density at radius 1 is 1.40 bits per heavy atom. The second-order valence-electron chi connectivity index (χ2n) is 6.71. The number of nitrogens with zero attached hydrogens (tertiary/aromatic N) is 1. The molecule has 0 bridgehead atoms. The Morgan fingerprint density at radius 3 is 2.60 bits per heavy atom. The fourth-order valence-corrected chi connectivity index (χ4v) is 2.35. The molecule has 0 saturated carbocycles. The number of ether oxygens (including phenoxy) is 1. The predicted molar refractivity (Wildman–Crippen MR) is 75.7 cm³/mol. The summed E-state index contributed by atoms with van der Waals surface area (Å²) in [6.45, 7) is 9.84. The normalized spacial score (nSPS) is 23.6. The molecule has 0 aromatic rings. The minimum atomic E-state index is -0.765. The zero-order valence-corrected chi connectivity index (χ0v) is 12.9. The lowest BCUT2D eigenvalue weighted by Gasteiger charge is -2.28. The minimum Gasteiger partial charge on any atom is -0.481 e. The number of aliphatic carboxylic acids is 1. The third-order valence-electron chi connectivity index (χ3n) is 3.22. The van der Waals surface area contributed by atoms with Gasteiger partial charge in [0.2, 0.25) is 0 Å². The van der Waals surface area contributed by atoms with Gasteiger partial charge in [0.25, 0.3) is 0 Å². The van der Waals surface area contributed by atoms with E-state index in [4.69, 9.17) is 9.84 Å². The average molecular weight is 286 g/mol. The number of alkyl carbamates (subject to hydrolysis) is 1. The largest absolute Gasteiger partial charge is 0.481 e. The SMILES string of the molecule is CC(C)(C)OC(=O)N[C@]1(C)CCN(CCCC(=O)O)C1. The first-order valence-electron chi connectivity index (χ1n) is 7.05. The molecule has 6 nitrogen and oxygen atoms in total. The highest BCUT2D eigenvalue weighted by Crippen LogP contribution is 2.21. The number of amides is 1. The van der Waals surface area contributed by atoms with Gasteiger partial charge in [-0.05, 0) is 47.1 Å². The lowest BCUT2D eigenvalue weighted by molar-refractivity contribution is -0.137. The van der Waals surface area contributed by atoms with Crippen LogP contribution in [0.2, 0.25) is 0 Å². The summed E-state index contributed by atoms with van der Waals surface area (Å²) >= 11 is 0. The van der Waals surface area contributed by atoms with E-state index in [1.54, 1.807) is 0 Å². The second-order valence-corrected chi connectivity index (χ2v) is 6.71. The van der Waals surface area contributed by atoms with Gasteiger partial charge in [-0.2, -0.15) is 0 Å². The van der Waals surface area contributed by atoms with E-state index in [2.05, 4.69) is 10.2 Å². The van der Waals surface area contributed by atoms with Gasteiger partial charge in [-0.1, -0.05) is 0 Å². The highest BCUT2D eigenvalue weighted by Gasteiger charge is 2.35. The van der Waals surface area contributed by atoms with Gasteiger partial charge in [0, 0.05) is 19.5 Å². The van der Waals surface area contributed by atoms with Crippen molar-refractivity contribution in [3.8, 4) is 0 Å². The summed E-state index contributed by atoms with van der Waals surface area (Å²) in [5.41, 5.74) is -0.800. The van der Waals surface area contributed by atoms with Crippen LogP contribution < -0.4 is 5.32 Å². The van der Waals surface area contributed by atoms with Crippen LogP contribution in [-0.4, -0.2) is 52.8 Å². The quantitative estimate of drug-likeness (QED) is 0.806. The highest BCUT2D eigenvalue weighted by molar-refractivity contribution is 5.69. The van der Waals surface area contributed by atoms with Gasteiger partial charge in [0.1, 0.15) is 5.60 Å². The maximum absolute atomic E-state index is 11.8. The minimum absolute atomic E-state index is 0.187. The van der Waals surface area contributed by atoms with Gasteiger partial charge in [-0.25, -0.2) is 4.79 Å². The van der Waals surface area contributed by atoms with E-state index in [1.807, 2.05) is 27.7 Å². The van der Waals surface area contributed by atoms with E-state index in [0.717, 1.165) is 26.1 Å². The zero-order valence-electron chi connectivity index (χ0n) is 12.9. The van der Waals surface area contributed by atoms with Crippen molar-refractivity contribution >= 4 is 12.1 Å². The van der Waals surface area contributed by atoms with Crippen molar-refractivity contribution in [3.63, 3.8) is 0 Å². The molecule has 0 aliphatic carbocycles. The number of carboxylic acid groups (broad SMARTS) is 1. The van der Waals surface area contributed by atoms with Crippen molar-refractivity contribution in [2.45, 2.75) is 58.1 Å². The maximum atomic E-state index is 11.8. The Kier molecular flexibility index (Phi) is 5.39. The molecule has 1 aliphatic rings. The number of nitrogens with one attached hydrogen (secondary N) is 1. The van der Waals surface area contributed by atoms with Gasteiger partial charge < -0.3 is 20.1 Å². The Balaban J connectivity index is 2.36. The van der Waals surface area contributed by atoms with Crippen LogP contribution in [0.5, 0.6) is 0 Å². The molecule has 20 heavy (non-hydrogen) atoms. The summed E-state index contributed by atoms with van der Waals surface area (Å²) in [5.74, 6) is -0.765. The van der Waals surface area contributed by atoms with Crippen molar-refractivity contribution in [2.24, 2.45) is 0 Å². The molecule has 1 amide bonds. The molecule has 1 heterocycles. The van der Waals surface area contributed by atoms with Gasteiger partial charge >= 0.3 is 12.1 Å². The number of hydrogen-bond acceptors (Lipinski definition) is 4. The molecule has 1 atom stereocenters. The van der Waals surface area contributed by atoms with Crippen molar-refractivity contribution in [2.75, 3.05) is 19.6 Å². The van der Waals surface area contributed by atoms with Gasteiger partial charge in [-0.3, -0.25) is 4.79 Å². The summed E-state index contributed by atoms with van der Waals surface area (Å²) in [4.78, 5) is 24.5. The topological polar surface area (TPSA) is 78.9 Å². The maximum Gasteiger partial charge on any atom is 0.408 e. The second kappa shape index (κ2) is 6.43. The fraction of sp³-hybridized carbons (Fsp3) is 0.857. The summed E-state index contributed by atoms with van der Waals surface area (Å²) in [5, 5.41) is 11.5. The van der Waals surface area contributed by atoms with Crippen LogP contribution in [0.4, 0.5) is 4.79 Å². The Morgan fingerprint density at radius 2 is 2.05 bits per heavy atom. The van der Waals surface area contributed by atoms with Crippen LogP contribution in [-0.2, 0) is 9.53 Å². The van der Waals surface area contributed by atoms with Crippen LogP contribution in [0.1, 0.15) is 47.0 Å². The van der Waals surface area contributed by atoms with Crippen LogP contribution in [0, 0.1) is 0 Å². The molecule has 1 rings (SSSR count). The van der Waals surface area contributed by atoms with Gasteiger partial charge in [0.15, 0.2) is 0 Å². The first-order valence-corrected chi connectivity index (χ1v) is 7.05. The molecule has 0 aromatic heterocycles. The number of carbonyl (C=O) groups is 2. The number of hydrogen-bond donors (Lipinski definition) is 2. The van der Waals surface area contributed by atoms with E-state index < -0.39 is 17.7 Å². The average Bonchev–Trinajstić information content (AvgIpc) is 2.56. The smallest absolute Gasteiger partial charge is 0.408 e. The van der Waals surface area contributed by atoms with Crippen LogP contribution in [0.25, 0.3) is 0 Å². The molecule has 2 N–H and O–H groups in total. The summed E-state index contributed by atoms with van der Waals surface area (Å²) in [6.07, 6.45) is 1.27. The highest BCUT2D eigenvalue weighted by atomic mass is 16.6. The number of likely N-dealkylation sites (tertiary alicyclic amines) is 1. The standard InChI is InChI=1S/C14H26N2O4/c1-13(2,3)20-12(19)15-14(4)7-9-16(10-14)8-5-6-11(17)18/h5-10H2,1-4H3,(H,15,19)(H,17,18)/t14-/m1/s1. The lowest BCUT2D eigenvalue weighted by Crippen LogP contribution is -2.49. The number of rotatable bonds is 5. The van der Waals surface area contributed by atoms with E-state index >= 15 is 0 Å². The molecule has 0 radical (unpaired) electrons. The van der Waals surface area contributed by atoms with Crippen LogP contribution in [0.3, 0.4) is 0 Å². The molecule has 6 heteroatoms. The fourth-order valence-electron chi connectivity index (χ4n) is 2.35. The number of carboxylic acids is 1. The molecule has 1 saturated heterocycles. The van der Waals surface area contributed by atoms with Crippen LogP contribution in [0.15, 0.2) is 0 Å². The Bertz CT molecular complexity index is 365. The third kappa shape index (κ3) is 6.23. The van der Waals surface area contributed by atoms with E-state index in [1.165, 1.54) is 0 Å². The monoisotopic (exact) mass is 286 g/mol. The van der Waals surface area contributed by atoms with Gasteiger partial charge in [0.05, 0.1) is 5.54 Å². The molecule has 1 fully saturated rings. The first-order chi connectivity index (χ1) is 9.10. The zero-order chi connectivity index (χ0) is 15.4. The van der Waals surface area contributed by atoms with E-state index in [-0.39, 0.29) is 12.0 Å². The molecule has 0 aromatic carbocycles. The van der Waals surface area contributed by atoms with E-state index in [9.17, 15) is 9.59 Å². The Labute approximate surface area is 120 Å². The third-order valence-corrected chi connectivity index (χ3v) is 3.22. The number of carbonyl (C=O) groups excluding carboxylic acids is 1. The predicted octanol–water partition coefficient (Wildman–Crippen LogP) is 1.84. The molecule has 0 spiro atoms. The van der Waals surface area contributed by atoms with Crippen molar-refractivity contribution in [1.29, 1.82) is 0 Å². The summed E-state index contributed by atoms with van der Waals surface area (Å²) in [6, 6.07) is 0. The van der Waals surface area contributed by atoms with Crippen molar-refractivity contribution in [1.82, 2.24) is 10.2 Å². The lowest BCUT2D eigenvalue weighted by atomic mass is 10.0. The molecule has 116 valence electrons. The molecular formula is C14H26N2O4. The van der Waals surface area contributed by atoms with Crippen molar-refractivity contribution in [3.05, 3.63) is 0 Å². The van der Waals surface area contributed by atoms with Crippen molar-refractivity contribution < 1.29 is 19.4 Å². The van der Waals surface area contributed by atoms with Crippen LogP contribution >= 0.6 is 0 Å².